The third-order valence-corrected chi connectivity index (χ3v) is 6.24. The molecule has 32 heavy (non-hydrogen) atoms. The predicted molar refractivity (Wildman–Crippen MR) is 119 cm³/mol. The van der Waals surface area contributed by atoms with Gasteiger partial charge in [0.1, 0.15) is 17.4 Å². The van der Waals surface area contributed by atoms with Crippen LogP contribution in [0.5, 0.6) is 5.75 Å². The highest BCUT2D eigenvalue weighted by Gasteiger charge is 2.22. The number of nitrogens with zero attached hydrogens (tertiary/aromatic N) is 8. The second kappa shape index (κ2) is 7.88. The summed E-state index contributed by atoms with van der Waals surface area (Å²) in [5.41, 5.74) is 5.74. The Morgan fingerprint density at radius 1 is 1.19 bits per heavy atom. The molecule has 0 N–H and O–H groups in total. The van der Waals surface area contributed by atoms with Gasteiger partial charge in [-0.15, -0.1) is 0 Å². The summed E-state index contributed by atoms with van der Waals surface area (Å²) in [6.45, 7) is 6.10. The third kappa shape index (κ3) is 3.46. The second-order valence-electron chi connectivity index (χ2n) is 8.07. The van der Waals surface area contributed by atoms with E-state index in [2.05, 4.69) is 23.3 Å². The van der Waals surface area contributed by atoms with E-state index >= 15 is 0 Å². The zero-order valence-corrected chi connectivity index (χ0v) is 18.9. The number of ether oxygens (including phenoxy) is 1. The highest BCUT2D eigenvalue weighted by atomic mass is 35.5. The first kappa shape index (κ1) is 20.4. The smallest absolute Gasteiger partial charge is 0.179 e. The van der Waals surface area contributed by atoms with Gasteiger partial charge in [0.25, 0.3) is 0 Å². The second-order valence-corrected chi connectivity index (χ2v) is 8.47. The van der Waals surface area contributed by atoms with E-state index in [4.69, 9.17) is 21.4 Å². The molecule has 0 saturated carbocycles. The molecular formula is C22H23ClN8O. The molecule has 10 heteroatoms. The average molecular weight is 451 g/mol. The molecule has 1 unspecified atom stereocenters. The van der Waals surface area contributed by atoms with Crippen molar-refractivity contribution < 1.29 is 4.74 Å². The van der Waals surface area contributed by atoms with E-state index in [9.17, 15) is 5.26 Å². The van der Waals surface area contributed by atoms with Crippen molar-refractivity contribution in [1.29, 1.82) is 5.26 Å². The van der Waals surface area contributed by atoms with Gasteiger partial charge in [-0.2, -0.15) is 20.6 Å². The topological polar surface area (TPSA) is 89.2 Å². The Balaban J connectivity index is 1.56. The van der Waals surface area contributed by atoms with Crippen molar-refractivity contribution >= 4 is 17.1 Å². The largest absolute Gasteiger partial charge is 0.484 e. The van der Waals surface area contributed by atoms with Crippen molar-refractivity contribution in [3.05, 3.63) is 52.7 Å². The molecule has 9 nitrogen and oxygen atoms in total. The minimum atomic E-state index is -0.217. The number of aryl methyl sites for hydroxylation is 1. The number of fused-ring (bicyclic) bond motifs is 2. The Labute approximate surface area is 190 Å². The maximum atomic E-state index is 9.23. The fourth-order valence-electron chi connectivity index (χ4n) is 4.21. The summed E-state index contributed by atoms with van der Waals surface area (Å²) in [5.74, 6) is 0.639. The molecule has 4 aromatic rings. The van der Waals surface area contributed by atoms with Crippen LogP contribution in [0, 0.1) is 18.4 Å². The van der Waals surface area contributed by atoms with Crippen LogP contribution < -0.4 is 4.74 Å². The van der Waals surface area contributed by atoms with Gasteiger partial charge in [0.15, 0.2) is 6.19 Å². The summed E-state index contributed by atoms with van der Waals surface area (Å²) in [5, 5.41) is 23.3. The number of aromatic nitrogens is 6. The van der Waals surface area contributed by atoms with Crippen molar-refractivity contribution in [1.82, 2.24) is 34.1 Å². The molecule has 1 aliphatic heterocycles. The van der Waals surface area contributed by atoms with E-state index in [1.165, 1.54) is 0 Å². The van der Waals surface area contributed by atoms with Crippen LogP contribution in [0.4, 0.5) is 0 Å². The number of nitriles is 1. The monoisotopic (exact) mass is 450 g/mol. The van der Waals surface area contributed by atoms with Crippen molar-refractivity contribution in [2.24, 2.45) is 7.05 Å². The molecule has 0 bridgehead atoms. The van der Waals surface area contributed by atoms with Gasteiger partial charge < -0.3 is 9.64 Å². The lowest BCUT2D eigenvalue weighted by Crippen LogP contribution is -2.21. The van der Waals surface area contributed by atoms with Crippen LogP contribution in [0.3, 0.4) is 0 Å². The van der Waals surface area contributed by atoms with E-state index < -0.39 is 0 Å². The SMILES string of the molecule is Cc1c(-c2cc(OC(C)c3cnn(C)c3)c3c(Cl)cnn3c2)nn2c1CCN(C#N)CC2. The standard InChI is InChI=1S/C22H23ClN8O/c1-14-19-4-5-29(13-24)6-7-30(19)27-21(14)16-8-20(22-18(23)10-26-31(22)12-16)32-15(2)17-9-25-28(3)11-17/h8-12,15H,4-7H2,1-3H3. The summed E-state index contributed by atoms with van der Waals surface area (Å²) in [6, 6.07) is 1.98. The molecule has 0 amide bonds. The Bertz CT molecular complexity index is 1340. The van der Waals surface area contributed by atoms with E-state index in [1.54, 1.807) is 26.5 Å². The fraction of sp³-hybridized carbons (Fsp3) is 0.364. The molecule has 0 radical (unpaired) electrons. The van der Waals surface area contributed by atoms with Crippen LogP contribution in [-0.2, 0) is 20.0 Å². The van der Waals surface area contributed by atoms with Crippen molar-refractivity contribution in [3.8, 4) is 23.2 Å². The van der Waals surface area contributed by atoms with Crippen LogP contribution >= 0.6 is 11.6 Å². The Morgan fingerprint density at radius 2 is 2.03 bits per heavy atom. The zero-order chi connectivity index (χ0) is 22.4. The Kier molecular flexibility index (Phi) is 5.02. The van der Waals surface area contributed by atoms with Gasteiger partial charge in [0, 0.05) is 55.8 Å². The molecule has 0 aliphatic carbocycles. The lowest BCUT2D eigenvalue weighted by molar-refractivity contribution is 0.229. The summed E-state index contributed by atoms with van der Waals surface area (Å²) in [6.07, 6.45) is 10.1. The molecule has 1 aliphatic rings. The summed E-state index contributed by atoms with van der Waals surface area (Å²) in [4.78, 5) is 1.78. The predicted octanol–water partition coefficient (Wildman–Crippen LogP) is 3.37. The number of pyridine rings is 1. The van der Waals surface area contributed by atoms with Gasteiger partial charge in [-0.05, 0) is 25.5 Å². The quantitative estimate of drug-likeness (QED) is 0.443. The zero-order valence-electron chi connectivity index (χ0n) is 18.2. The van der Waals surface area contributed by atoms with Crippen LogP contribution in [-0.4, -0.2) is 47.2 Å². The molecule has 4 aromatic heterocycles. The maximum absolute atomic E-state index is 9.23. The van der Waals surface area contributed by atoms with Gasteiger partial charge >= 0.3 is 0 Å². The van der Waals surface area contributed by atoms with Crippen molar-refractivity contribution in [3.63, 3.8) is 0 Å². The molecule has 1 atom stereocenters. The third-order valence-electron chi connectivity index (χ3n) is 5.97. The van der Waals surface area contributed by atoms with Crippen LogP contribution in [0.1, 0.15) is 29.8 Å². The highest BCUT2D eigenvalue weighted by Crippen LogP contribution is 2.36. The molecule has 5 rings (SSSR count). The van der Waals surface area contributed by atoms with Crippen LogP contribution in [0.2, 0.25) is 5.02 Å². The van der Waals surface area contributed by atoms with Crippen LogP contribution in [0.25, 0.3) is 16.8 Å². The lowest BCUT2D eigenvalue weighted by Gasteiger charge is -2.15. The first-order valence-electron chi connectivity index (χ1n) is 10.5. The van der Waals surface area contributed by atoms with Gasteiger partial charge in [0.05, 0.1) is 29.7 Å². The fourth-order valence-corrected chi connectivity index (χ4v) is 4.43. The summed E-state index contributed by atoms with van der Waals surface area (Å²) in [7, 11) is 1.88. The lowest BCUT2D eigenvalue weighted by atomic mass is 10.1. The number of hydrogen-bond acceptors (Lipinski definition) is 6. The number of rotatable bonds is 4. The normalized spacial score (nSPS) is 14.8. The maximum Gasteiger partial charge on any atom is 0.179 e. The average Bonchev–Trinajstić information content (AvgIpc) is 3.42. The van der Waals surface area contributed by atoms with Gasteiger partial charge in [0.2, 0.25) is 0 Å². The molecule has 0 aromatic carbocycles. The molecular weight excluding hydrogens is 428 g/mol. The van der Waals surface area contributed by atoms with E-state index in [-0.39, 0.29) is 6.10 Å². The first-order valence-corrected chi connectivity index (χ1v) is 10.9. The Morgan fingerprint density at radius 3 is 2.78 bits per heavy atom. The molecule has 5 heterocycles. The highest BCUT2D eigenvalue weighted by molar-refractivity contribution is 6.34. The van der Waals surface area contributed by atoms with Gasteiger partial charge in [-0.3, -0.25) is 9.36 Å². The van der Waals surface area contributed by atoms with E-state index in [0.29, 0.717) is 35.9 Å². The molecule has 0 spiro atoms. The number of hydrogen-bond donors (Lipinski definition) is 0. The number of halogens is 1. The summed E-state index contributed by atoms with van der Waals surface area (Å²) >= 11 is 6.44. The Hall–Kier alpha value is -3.51. The summed E-state index contributed by atoms with van der Waals surface area (Å²) < 4.78 is 11.9. The van der Waals surface area contributed by atoms with E-state index in [1.807, 2.05) is 37.1 Å². The molecule has 164 valence electrons. The minimum Gasteiger partial charge on any atom is -0.484 e. The first-order chi connectivity index (χ1) is 15.4. The molecule has 0 fully saturated rings. The minimum absolute atomic E-state index is 0.217. The van der Waals surface area contributed by atoms with E-state index in [0.717, 1.165) is 34.5 Å². The van der Waals surface area contributed by atoms with Crippen molar-refractivity contribution in [2.75, 3.05) is 13.1 Å². The van der Waals surface area contributed by atoms with Crippen molar-refractivity contribution in [2.45, 2.75) is 32.9 Å². The van der Waals surface area contributed by atoms with Gasteiger partial charge in [-0.1, -0.05) is 11.6 Å². The molecule has 0 saturated heterocycles. The van der Waals surface area contributed by atoms with Crippen LogP contribution in [0.15, 0.2) is 30.9 Å². The van der Waals surface area contributed by atoms with Gasteiger partial charge in [-0.25, -0.2) is 4.52 Å².